The van der Waals surface area contributed by atoms with Gasteiger partial charge < -0.3 is 20.4 Å². The van der Waals surface area contributed by atoms with Gasteiger partial charge in [0.2, 0.25) is 5.91 Å². The maximum absolute atomic E-state index is 13.0. The Morgan fingerprint density at radius 1 is 1.17 bits per heavy atom. The van der Waals surface area contributed by atoms with Crippen LogP contribution in [0, 0.1) is 29.1 Å². The van der Waals surface area contributed by atoms with Gasteiger partial charge in [-0.15, -0.1) is 0 Å². The second kappa shape index (κ2) is 7.83. The average molecular weight is 404 g/mol. The molecule has 6 heteroatoms. The molecule has 5 nitrogen and oxygen atoms in total. The summed E-state index contributed by atoms with van der Waals surface area (Å²) < 4.78 is 13.1. The number of amides is 1. The van der Waals surface area contributed by atoms with Gasteiger partial charge in [0.05, 0.1) is 23.7 Å². The number of carbonyl (C=O) groups is 1. The SMILES string of the molecule is CC(C)C[C@H](NC(=O)[C@@H](N)C1CCCCC1)B1O[C@@H]2C[C@@H]3C[C@@H](C3(C)C)[C@]2(C)O1. The first-order valence-electron chi connectivity index (χ1n) is 12.0. The zero-order valence-corrected chi connectivity index (χ0v) is 19.1. The Labute approximate surface area is 177 Å². The van der Waals surface area contributed by atoms with E-state index in [1.807, 2.05) is 0 Å². The highest BCUT2D eigenvalue weighted by Crippen LogP contribution is 2.65. The molecular formula is C23H41BN2O3. The summed E-state index contributed by atoms with van der Waals surface area (Å²) in [6, 6.07) is -0.420. The fraction of sp³-hybridized carbons (Fsp3) is 0.957. The summed E-state index contributed by atoms with van der Waals surface area (Å²) >= 11 is 0. The van der Waals surface area contributed by atoms with Crippen molar-refractivity contribution in [3.05, 3.63) is 0 Å². The summed E-state index contributed by atoms with van der Waals surface area (Å²) in [6.07, 6.45) is 9.07. The Morgan fingerprint density at radius 3 is 2.48 bits per heavy atom. The van der Waals surface area contributed by atoms with Crippen molar-refractivity contribution in [3.63, 3.8) is 0 Å². The molecule has 0 aromatic heterocycles. The lowest BCUT2D eigenvalue weighted by Gasteiger charge is -2.64. The van der Waals surface area contributed by atoms with Crippen LogP contribution in [0.3, 0.4) is 0 Å². The number of carbonyl (C=O) groups excluding carboxylic acids is 1. The van der Waals surface area contributed by atoms with E-state index in [-0.39, 0.29) is 30.7 Å². The Morgan fingerprint density at radius 2 is 1.86 bits per heavy atom. The van der Waals surface area contributed by atoms with Crippen LogP contribution in [-0.4, -0.2) is 36.7 Å². The van der Waals surface area contributed by atoms with Crippen LogP contribution in [0.15, 0.2) is 0 Å². The smallest absolute Gasteiger partial charge is 0.404 e. The van der Waals surface area contributed by atoms with Crippen LogP contribution >= 0.6 is 0 Å². The van der Waals surface area contributed by atoms with Crippen LogP contribution in [-0.2, 0) is 14.1 Å². The van der Waals surface area contributed by atoms with Crippen LogP contribution in [0.1, 0.15) is 86.0 Å². The second-order valence-corrected chi connectivity index (χ2v) is 11.5. The van der Waals surface area contributed by atoms with E-state index in [4.69, 9.17) is 15.0 Å². The molecule has 1 heterocycles. The quantitative estimate of drug-likeness (QED) is 0.663. The molecular weight excluding hydrogens is 363 g/mol. The van der Waals surface area contributed by atoms with Gasteiger partial charge in [-0.05, 0) is 68.1 Å². The average Bonchev–Trinajstić information content (AvgIpc) is 3.04. The fourth-order valence-electron chi connectivity index (χ4n) is 6.80. The monoisotopic (exact) mass is 404 g/mol. The van der Waals surface area contributed by atoms with Crippen molar-refractivity contribution in [3.8, 4) is 0 Å². The van der Waals surface area contributed by atoms with Crippen molar-refractivity contribution >= 4 is 13.0 Å². The highest BCUT2D eigenvalue weighted by molar-refractivity contribution is 6.47. The first-order chi connectivity index (χ1) is 13.6. The molecule has 29 heavy (non-hydrogen) atoms. The third-order valence-electron chi connectivity index (χ3n) is 8.81. The summed E-state index contributed by atoms with van der Waals surface area (Å²) in [7, 11) is -0.370. The van der Waals surface area contributed by atoms with Gasteiger partial charge >= 0.3 is 7.12 Å². The molecule has 0 spiro atoms. The molecule has 1 saturated heterocycles. The number of hydrogen-bond acceptors (Lipinski definition) is 4. The summed E-state index contributed by atoms with van der Waals surface area (Å²) in [4.78, 5) is 13.0. The number of rotatable bonds is 6. The molecule has 0 unspecified atom stereocenters. The van der Waals surface area contributed by atoms with Gasteiger partial charge in [-0.2, -0.15) is 0 Å². The third kappa shape index (κ3) is 3.78. The lowest BCUT2D eigenvalue weighted by molar-refractivity contribution is -0.199. The van der Waals surface area contributed by atoms with Gasteiger partial charge in [-0.3, -0.25) is 4.79 Å². The van der Waals surface area contributed by atoms with Crippen LogP contribution in [0.25, 0.3) is 0 Å². The highest BCUT2D eigenvalue weighted by Gasteiger charge is 2.68. The van der Waals surface area contributed by atoms with Crippen LogP contribution in [0.5, 0.6) is 0 Å². The first-order valence-corrected chi connectivity index (χ1v) is 12.0. The molecule has 164 valence electrons. The molecule has 3 N–H and O–H groups in total. The van der Waals surface area contributed by atoms with Crippen LogP contribution in [0.2, 0.25) is 0 Å². The Hall–Kier alpha value is -0.585. The van der Waals surface area contributed by atoms with Crippen molar-refractivity contribution in [2.45, 2.75) is 110 Å². The lowest BCUT2D eigenvalue weighted by Crippen LogP contribution is -2.65. The topological polar surface area (TPSA) is 73.6 Å². The summed E-state index contributed by atoms with van der Waals surface area (Å²) in [6.45, 7) is 11.4. The molecule has 4 aliphatic carbocycles. The van der Waals surface area contributed by atoms with E-state index in [0.29, 0.717) is 23.2 Å². The lowest BCUT2D eigenvalue weighted by atomic mass is 9.43. The van der Waals surface area contributed by atoms with Gasteiger partial charge in [0.15, 0.2) is 0 Å². The van der Waals surface area contributed by atoms with E-state index in [9.17, 15) is 4.79 Å². The Kier molecular flexibility index (Phi) is 5.85. The van der Waals surface area contributed by atoms with E-state index in [1.54, 1.807) is 0 Å². The molecule has 0 aromatic rings. The van der Waals surface area contributed by atoms with Crippen molar-refractivity contribution < 1.29 is 14.1 Å². The van der Waals surface area contributed by atoms with E-state index in [1.165, 1.54) is 25.7 Å². The molecule has 1 amide bonds. The molecule has 0 aromatic carbocycles. The van der Waals surface area contributed by atoms with Gasteiger partial charge in [-0.25, -0.2) is 0 Å². The number of nitrogens with two attached hydrogens (primary N) is 1. The molecule has 5 fully saturated rings. The fourth-order valence-corrected chi connectivity index (χ4v) is 6.80. The van der Waals surface area contributed by atoms with Gasteiger partial charge in [0.25, 0.3) is 0 Å². The van der Waals surface area contributed by atoms with Gasteiger partial charge in [0.1, 0.15) is 0 Å². The van der Waals surface area contributed by atoms with E-state index in [2.05, 4.69) is 39.9 Å². The minimum atomic E-state index is -0.420. The molecule has 6 atom stereocenters. The maximum Gasteiger partial charge on any atom is 0.481 e. The maximum atomic E-state index is 13.0. The molecule has 5 aliphatic rings. The third-order valence-corrected chi connectivity index (χ3v) is 8.81. The minimum absolute atomic E-state index is 0.0283. The molecule has 0 radical (unpaired) electrons. The first kappa shape index (κ1) is 21.6. The van der Waals surface area contributed by atoms with E-state index in [0.717, 1.165) is 31.6 Å². The van der Waals surface area contributed by atoms with Gasteiger partial charge in [0, 0.05) is 0 Å². The minimum Gasteiger partial charge on any atom is -0.404 e. The van der Waals surface area contributed by atoms with Crippen LogP contribution in [0.4, 0.5) is 0 Å². The Bertz CT molecular complexity index is 621. The standard InChI is InChI=1S/C23H41BN2O3/c1-14(2)11-19(26-21(27)20(25)15-9-7-6-8-10-15)24-28-18-13-16-12-17(22(16,3)4)23(18,5)29-24/h14-20H,6-13,25H2,1-5H3,(H,26,27)/t16-,17-,18+,19-,20-,23-/m0/s1. The normalized spacial score (nSPS) is 38.3. The molecule has 2 bridgehead atoms. The van der Waals surface area contributed by atoms with Crippen molar-refractivity contribution in [2.75, 3.05) is 0 Å². The summed E-state index contributed by atoms with van der Waals surface area (Å²) in [5.41, 5.74) is 6.46. The second-order valence-electron chi connectivity index (χ2n) is 11.5. The zero-order chi connectivity index (χ0) is 21.0. The largest absolute Gasteiger partial charge is 0.481 e. The van der Waals surface area contributed by atoms with Crippen molar-refractivity contribution in [1.82, 2.24) is 5.32 Å². The number of nitrogens with one attached hydrogen (secondary N) is 1. The Balaban J connectivity index is 1.44. The van der Waals surface area contributed by atoms with Crippen molar-refractivity contribution in [1.29, 1.82) is 0 Å². The van der Waals surface area contributed by atoms with Crippen LogP contribution < -0.4 is 11.1 Å². The van der Waals surface area contributed by atoms with E-state index >= 15 is 0 Å². The molecule has 5 rings (SSSR count). The van der Waals surface area contributed by atoms with Crippen molar-refractivity contribution in [2.24, 2.45) is 34.8 Å². The van der Waals surface area contributed by atoms with E-state index < -0.39 is 6.04 Å². The van der Waals surface area contributed by atoms with Gasteiger partial charge in [-0.1, -0.05) is 47.0 Å². The summed E-state index contributed by atoms with van der Waals surface area (Å²) in [5.74, 6) is 1.84. The highest BCUT2D eigenvalue weighted by atomic mass is 16.7. The predicted octanol–water partition coefficient (Wildman–Crippen LogP) is 3.69. The number of hydrogen-bond donors (Lipinski definition) is 2. The predicted molar refractivity (Wildman–Crippen MR) is 116 cm³/mol. The summed E-state index contributed by atoms with van der Waals surface area (Å²) in [5, 5.41) is 3.25. The molecule has 4 saturated carbocycles. The zero-order valence-electron chi connectivity index (χ0n) is 19.1. The molecule has 1 aliphatic heterocycles.